The highest BCUT2D eigenvalue weighted by Gasteiger charge is 2.14. The zero-order valence-corrected chi connectivity index (χ0v) is 8.96. The normalized spacial score (nSPS) is 12.3. The molecule has 3 N–H and O–H groups in total. The summed E-state index contributed by atoms with van der Waals surface area (Å²) in [7, 11) is 1.49. The van der Waals surface area contributed by atoms with E-state index in [9.17, 15) is 8.78 Å². The van der Waals surface area contributed by atoms with Gasteiger partial charge in [-0.25, -0.2) is 14.6 Å². The standard InChI is InChI=1S/C9H13F2N3O2/c1-5(4-15-2)16-9-7(11)3-6(10)8(13-9)14-12/h3,5H,4,12H2,1-2H3,(H,13,14). The largest absolute Gasteiger partial charge is 0.470 e. The molecule has 0 aliphatic rings. The summed E-state index contributed by atoms with van der Waals surface area (Å²) in [6, 6.07) is 0.650. The molecule has 16 heavy (non-hydrogen) atoms. The van der Waals surface area contributed by atoms with E-state index in [-0.39, 0.29) is 18.3 Å². The Morgan fingerprint density at radius 3 is 2.75 bits per heavy atom. The van der Waals surface area contributed by atoms with Crippen LogP contribution in [0.2, 0.25) is 0 Å². The number of halogens is 2. The van der Waals surface area contributed by atoms with Crippen LogP contribution in [0.15, 0.2) is 6.07 Å². The first kappa shape index (κ1) is 12.6. The van der Waals surface area contributed by atoms with Gasteiger partial charge in [0.25, 0.3) is 5.88 Å². The summed E-state index contributed by atoms with van der Waals surface area (Å²) in [5, 5.41) is 0. The minimum Gasteiger partial charge on any atom is -0.470 e. The number of anilines is 1. The third kappa shape index (κ3) is 3.01. The first-order valence-electron chi connectivity index (χ1n) is 4.56. The van der Waals surface area contributed by atoms with Crippen LogP contribution in [0.3, 0.4) is 0 Å². The Morgan fingerprint density at radius 2 is 2.19 bits per heavy atom. The summed E-state index contributed by atoms with van der Waals surface area (Å²) < 4.78 is 36.1. The average Bonchev–Trinajstić information content (AvgIpc) is 2.22. The lowest BCUT2D eigenvalue weighted by atomic mass is 10.4. The molecule has 1 atom stereocenters. The third-order valence-corrected chi connectivity index (χ3v) is 1.75. The van der Waals surface area contributed by atoms with Gasteiger partial charge in [0.1, 0.15) is 6.10 Å². The molecule has 0 spiro atoms. The molecule has 90 valence electrons. The number of nitrogens with two attached hydrogens (primary N) is 1. The second-order valence-electron chi connectivity index (χ2n) is 3.13. The van der Waals surface area contributed by atoms with E-state index in [1.54, 1.807) is 6.92 Å². The number of hydrogen-bond acceptors (Lipinski definition) is 5. The van der Waals surface area contributed by atoms with E-state index in [1.165, 1.54) is 7.11 Å². The van der Waals surface area contributed by atoms with Gasteiger partial charge in [0.15, 0.2) is 17.5 Å². The molecule has 0 saturated heterocycles. The molecule has 0 aromatic carbocycles. The Balaban J connectivity index is 2.87. The minimum atomic E-state index is -0.889. The molecule has 0 saturated carbocycles. The molecule has 0 amide bonds. The van der Waals surface area contributed by atoms with Crippen LogP contribution in [0, 0.1) is 11.6 Å². The van der Waals surface area contributed by atoms with Crippen LogP contribution >= 0.6 is 0 Å². The van der Waals surface area contributed by atoms with Gasteiger partial charge in [-0.05, 0) is 6.92 Å². The lowest BCUT2D eigenvalue weighted by molar-refractivity contribution is 0.0858. The first-order chi connectivity index (χ1) is 7.58. The molecule has 0 aliphatic carbocycles. The maximum Gasteiger partial charge on any atom is 0.252 e. The van der Waals surface area contributed by atoms with E-state index in [0.717, 1.165) is 0 Å². The molecule has 0 bridgehead atoms. The second-order valence-corrected chi connectivity index (χ2v) is 3.13. The molecule has 1 heterocycles. The van der Waals surface area contributed by atoms with Gasteiger partial charge in [0.05, 0.1) is 6.61 Å². The van der Waals surface area contributed by atoms with E-state index < -0.39 is 17.7 Å². The molecule has 1 aromatic rings. The Bertz CT molecular complexity index is 363. The Kier molecular flexibility index (Phi) is 4.39. The fourth-order valence-corrected chi connectivity index (χ4v) is 1.09. The van der Waals surface area contributed by atoms with Crippen molar-refractivity contribution in [3.63, 3.8) is 0 Å². The van der Waals surface area contributed by atoms with Crippen LogP contribution in [0.5, 0.6) is 5.88 Å². The van der Waals surface area contributed by atoms with Gasteiger partial charge in [-0.2, -0.15) is 4.98 Å². The van der Waals surface area contributed by atoms with Crippen LogP contribution in [0.1, 0.15) is 6.92 Å². The lowest BCUT2D eigenvalue weighted by Crippen LogP contribution is -2.20. The van der Waals surface area contributed by atoms with Crippen molar-refractivity contribution in [3.05, 3.63) is 17.7 Å². The Morgan fingerprint density at radius 1 is 1.50 bits per heavy atom. The van der Waals surface area contributed by atoms with Gasteiger partial charge in [-0.1, -0.05) is 0 Å². The van der Waals surface area contributed by atoms with Crippen molar-refractivity contribution >= 4 is 5.82 Å². The molecule has 7 heteroatoms. The quantitative estimate of drug-likeness (QED) is 0.588. The first-order valence-corrected chi connectivity index (χ1v) is 4.56. The summed E-state index contributed by atoms with van der Waals surface area (Å²) in [4.78, 5) is 3.55. The molecule has 0 radical (unpaired) electrons. The summed E-state index contributed by atoms with van der Waals surface area (Å²) >= 11 is 0. The van der Waals surface area contributed by atoms with Crippen LogP contribution in [-0.4, -0.2) is 24.8 Å². The van der Waals surface area contributed by atoms with Gasteiger partial charge in [0.2, 0.25) is 0 Å². The van der Waals surface area contributed by atoms with E-state index in [1.807, 2.05) is 5.43 Å². The number of hydrogen-bond donors (Lipinski definition) is 2. The number of nitrogens with one attached hydrogen (secondary N) is 1. The van der Waals surface area contributed by atoms with Crippen molar-refractivity contribution in [2.75, 3.05) is 19.1 Å². The van der Waals surface area contributed by atoms with Crippen LogP contribution in [0.25, 0.3) is 0 Å². The van der Waals surface area contributed by atoms with E-state index >= 15 is 0 Å². The SMILES string of the molecule is COCC(C)Oc1nc(NN)c(F)cc1F. The van der Waals surface area contributed by atoms with Crippen molar-refractivity contribution in [2.45, 2.75) is 13.0 Å². The maximum atomic E-state index is 13.2. The van der Waals surface area contributed by atoms with E-state index in [4.69, 9.17) is 15.3 Å². The van der Waals surface area contributed by atoms with Gasteiger partial charge in [0, 0.05) is 13.2 Å². The fraction of sp³-hybridized carbons (Fsp3) is 0.444. The van der Waals surface area contributed by atoms with E-state index in [0.29, 0.717) is 6.07 Å². The molecule has 1 unspecified atom stereocenters. The number of pyridine rings is 1. The third-order valence-electron chi connectivity index (χ3n) is 1.75. The number of nitrogens with zero attached hydrogens (tertiary/aromatic N) is 1. The Hall–Kier alpha value is -1.47. The summed E-state index contributed by atoms with van der Waals surface area (Å²) in [5.41, 5.74) is 2.00. The zero-order valence-electron chi connectivity index (χ0n) is 8.96. The van der Waals surface area contributed by atoms with Crippen molar-refractivity contribution in [1.82, 2.24) is 4.98 Å². The molecular weight excluding hydrogens is 220 g/mol. The van der Waals surface area contributed by atoms with Crippen molar-refractivity contribution in [1.29, 1.82) is 0 Å². The number of ether oxygens (including phenoxy) is 2. The summed E-state index contributed by atoms with van der Waals surface area (Å²) in [6.07, 6.45) is -0.400. The molecular formula is C9H13F2N3O2. The molecule has 5 nitrogen and oxygen atoms in total. The predicted molar refractivity (Wildman–Crippen MR) is 53.9 cm³/mol. The average molecular weight is 233 g/mol. The fourth-order valence-electron chi connectivity index (χ4n) is 1.09. The number of rotatable bonds is 5. The number of hydrazine groups is 1. The van der Waals surface area contributed by atoms with Crippen LogP contribution in [-0.2, 0) is 4.74 Å². The monoisotopic (exact) mass is 233 g/mol. The van der Waals surface area contributed by atoms with Gasteiger partial charge in [-0.15, -0.1) is 0 Å². The predicted octanol–water partition coefficient (Wildman–Crippen LogP) is 1.06. The van der Waals surface area contributed by atoms with E-state index in [2.05, 4.69) is 4.98 Å². The van der Waals surface area contributed by atoms with Crippen LogP contribution in [0.4, 0.5) is 14.6 Å². The summed E-state index contributed by atoms with van der Waals surface area (Å²) in [5.74, 6) is 2.63. The molecule has 1 rings (SSSR count). The smallest absolute Gasteiger partial charge is 0.252 e. The topological polar surface area (TPSA) is 69.4 Å². The van der Waals surface area contributed by atoms with Crippen molar-refractivity contribution < 1.29 is 18.3 Å². The number of aromatic nitrogens is 1. The van der Waals surface area contributed by atoms with Crippen molar-refractivity contribution in [3.8, 4) is 5.88 Å². The van der Waals surface area contributed by atoms with Gasteiger partial charge < -0.3 is 14.9 Å². The van der Waals surface area contributed by atoms with Crippen LogP contribution < -0.4 is 16.0 Å². The highest BCUT2D eigenvalue weighted by molar-refractivity contribution is 5.38. The zero-order chi connectivity index (χ0) is 12.1. The molecule has 0 aliphatic heterocycles. The number of nitrogen functional groups attached to an aromatic ring is 1. The summed E-state index contributed by atoms with van der Waals surface area (Å²) in [6.45, 7) is 1.94. The molecule has 1 aromatic heterocycles. The Labute approximate surface area is 91.5 Å². The molecule has 0 fully saturated rings. The highest BCUT2D eigenvalue weighted by Crippen LogP contribution is 2.21. The van der Waals surface area contributed by atoms with Gasteiger partial charge >= 0.3 is 0 Å². The van der Waals surface area contributed by atoms with Gasteiger partial charge in [-0.3, -0.25) is 0 Å². The maximum absolute atomic E-state index is 13.2. The minimum absolute atomic E-state index is 0.268. The number of methoxy groups -OCH3 is 1. The van der Waals surface area contributed by atoms with Crippen molar-refractivity contribution in [2.24, 2.45) is 5.84 Å². The second kappa shape index (κ2) is 5.57. The highest BCUT2D eigenvalue weighted by atomic mass is 19.1. The lowest BCUT2D eigenvalue weighted by Gasteiger charge is -2.14.